The van der Waals surface area contributed by atoms with E-state index in [1.54, 1.807) is 19.9 Å². The van der Waals surface area contributed by atoms with Gasteiger partial charge in [0.05, 0.1) is 0 Å². The Morgan fingerprint density at radius 2 is 2.20 bits per heavy atom. The molecule has 0 saturated carbocycles. The van der Waals surface area contributed by atoms with E-state index in [0.717, 1.165) is 6.42 Å². The van der Waals surface area contributed by atoms with E-state index in [2.05, 4.69) is 0 Å². The predicted molar refractivity (Wildman–Crippen MR) is 77.0 cm³/mol. The normalized spacial score (nSPS) is 24.0. The first-order chi connectivity index (χ1) is 9.37. The maximum atomic E-state index is 12.0. The Bertz CT molecular complexity index is 459. The molecule has 1 aliphatic rings. The lowest BCUT2D eigenvalue weighted by Gasteiger charge is -2.21. The molecule has 0 saturated heterocycles. The Labute approximate surface area is 120 Å². The summed E-state index contributed by atoms with van der Waals surface area (Å²) < 4.78 is 10.7. The smallest absolute Gasteiger partial charge is 0.302 e. The van der Waals surface area contributed by atoms with Crippen LogP contribution in [0.1, 0.15) is 40.5 Å². The van der Waals surface area contributed by atoms with Crippen LogP contribution in [0.4, 0.5) is 0 Å². The zero-order valence-electron chi connectivity index (χ0n) is 12.5. The number of hydrogen-bond acceptors (Lipinski definition) is 4. The highest BCUT2D eigenvalue weighted by Crippen LogP contribution is 2.29. The van der Waals surface area contributed by atoms with Gasteiger partial charge in [0.15, 0.2) is 5.60 Å². The first-order valence-corrected chi connectivity index (χ1v) is 6.83. The van der Waals surface area contributed by atoms with Crippen molar-refractivity contribution in [2.75, 3.05) is 0 Å². The van der Waals surface area contributed by atoms with E-state index in [4.69, 9.17) is 9.47 Å². The summed E-state index contributed by atoms with van der Waals surface area (Å²) in [6, 6.07) is 0. The van der Waals surface area contributed by atoms with Crippen molar-refractivity contribution < 1.29 is 19.1 Å². The maximum absolute atomic E-state index is 12.0. The van der Waals surface area contributed by atoms with Crippen LogP contribution in [0.15, 0.2) is 36.1 Å². The van der Waals surface area contributed by atoms with Gasteiger partial charge in [-0.05, 0) is 26.3 Å². The van der Waals surface area contributed by atoms with Gasteiger partial charge in [-0.15, -0.1) is 0 Å². The third kappa shape index (κ3) is 4.68. The minimum Gasteiger partial charge on any atom is -0.479 e. The predicted octanol–water partition coefficient (Wildman–Crippen LogP) is 3.09. The molecule has 0 radical (unpaired) electrons. The van der Waals surface area contributed by atoms with E-state index >= 15 is 0 Å². The summed E-state index contributed by atoms with van der Waals surface area (Å²) in [5.41, 5.74) is -0.955. The van der Waals surface area contributed by atoms with Crippen molar-refractivity contribution in [2.45, 2.75) is 52.2 Å². The van der Waals surface area contributed by atoms with Gasteiger partial charge in [-0.3, -0.25) is 9.59 Å². The maximum Gasteiger partial charge on any atom is 0.302 e. The minimum absolute atomic E-state index is 0.0938. The molecular weight excluding hydrogens is 256 g/mol. The standard InChI is InChI=1S/C16H22O4/c1-5-6-7-8-9-16(4)15(18)11-14(20-16)10-12(2)19-13(3)17/h6-9,11-12H,5,10H2,1-4H3/b7-6+,9-8+. The molecule has 0 aromatic heterocycles. The second kappa shape index (κ2) is 7.08. The molecule has 2 atom stereocenters. The van der Waals surface area contributed by atoms with Crippen molar-refractivity contribution in [1.82, 2.24) is 0 Å². The monoisotopic (exact) mass is 278 g/mol. The van der Waals surface area contributed by atoms with E-state index in [1.807, 2.05) is 25.2 Å². The molecule has 0 fully saturated rings. The average molecular weight is 278 g/mol. The SMILES string of the molecule is CC/C=C/C=C/C1(C)OC(CC(C)OC(C)=O)=CC1=O. The van der Waals surface area contributed by atoms with Gasteiger partial charge in [-0.2, -0.15) is 0 Å². The summed E-state index contributed by atoms with van der Waals surface area (Å²) in [6.45, 7) is 6.90. The number of carbonyl (C=O) groups excluding carboxylic acids is 2. The molecule has 4 heteroatoms. The number of allylic oxidation sites excluding steroid dienone is 3. The number of carbonyl (C=O) groups is 2. The number of ketones is 1. The first-order valence-electron chi connectivity index (χ1n) is 6.83. The van der Waals surface area contributed by atoms with Crippen molar-refractivity contribution in [3.63, 3.8) is 0 Å². The molecule has 0 bridgehead atoms. The van der Waals surface area contributed by atoms with Crippen LogP contribution < -0.4 is 0 Å². The largest absolute Gasteiger partial charge is 0.479 e. The molecule has 0 N–H and O–H groups in total. The molecule has 0 amide bonds. The van der Waals surface area contributed by atoms with Crippen LogP contribution in [0.2, 0.25) is 0 Å². The summed E-state index contributed by atoms with van der Waals surface area (Å²) in [6.07, 6.45) is 9.96. The van der Waals surface area contributed by atoms with Gasteiger partial charge >= 0.3 is 5.97 Å². The third-order valence-corrected chi connectivity index (χ3v) is 2.88. The van der Waals surface area contributed by atoms with E-state index in [0.29, 0.717) is 12.2 Å². The van der Waals surface area contributed by atoms with Gasteiger partial charge < -0.3 is 9.47 Å². The van der Waals surface area contributed by atoms with E-state index in [1.165, 1.54) is 13.0 Å². The summed E-state index contributed by atoms with van der Waals surface area (Å²) in [7, 11) is 0. The van der Waals surface area contributed by atoms with Crippen LogP contribution in [0.5, 0.6) is 0 Å². The number of ether oxygens (including phenoxy) is 2. The number of rotatable bonds is 6. The van der Waals surface area contributed by atoms with Crippen LogP contribution in [0.25, 0.3) is 0 Å². The molecule has 0 aromatic rings. The molecule has 2 unspecified atom stereocenters. The highest BCUT2D eigenvalue weighted by Gasteiger charge is 2.37. The van der Waals surface area contributed by atoms with Crippen molar-refractivity contribution >= 4 is 11.8 Å². The lowest BCUT2D eigenvalue weighted by molar-refractivity contribution is -0.145. The lowest BCUT2D eigenvalue weighted by Crippen LogP contribution is -2.30. The van der Waals surface area contributed by atoms with Crippen molar-refractivity contribution in [1.29, 1.82) is 0 Å². The Hall–Kier alpha value is -1.84. The Morgan fingerprint density at radius 1 is 1.50 bits per heavy atom. The fourth-order valence-electron chi connectivity index (χ4n) is 1.92. The Balaban J connectivity index is 2.62. The quantitative estimate of drug-likeness (QED) is 0.553. The van der Waals surface area contributed by atoms with Gasteiger partial charge in [0.1, 0.15) is 11.9 Å². The molecule has 0 spiro atoms. The van der Waals surface area contributed by atoms with Gasteiger partial charge in [0.25, 0.3) is 0 Å². The first kappa shape index (κ1) is 16.2. The van der Waals surface area contributed by atoms with Gasteiger partial charge in [-0.25, -0.2) is 0 Å². The zero-order valence-corrected chi connectivity index (χ0v) is 12.5. The fourth-order valence-corrected chi connectivity index (χ4v) is 1.92. The van der Waals surface area contributed by atoms with Crippen molar-refractivity contribution in [3.05, 3.63) is 36.1 Å². The van der Waals surface area contributed by atoms with Crippen molar-refractivity contribution in [2.24, 2.45) is 0 Å². The molecule has 1 heterocycles. The Kier molecular flexibility index (Phi) is 5.74. The number of esters is 1. The zero-order chi connectivity index (χ0) is 15.2. The molecule has 0 aliphatic carbocycles. The lowest BCUT2D eigenvalue weighted by atomic mass is 10.0. The summed E-state index contributed by atoms with van der Waals surface area (Å²) >= 11 is 0. The van der Waals surface area contributed by atoms with Crippen LogP contribution in [0, 0.1) is 0 Å². The summed E-state index contributed by atoms with van der Waals surface area (Å²) in [5, 5.41) is 0. The van der Waals surface area contributed by atoms with Crippen LogP contribution >= 0.6 is 0 Å². The third-order valence-electron chi connectivity index (χ3n) is 2.88. The van der Waals surface area contributed by atoms with Gasteiger partial charge in [-0.1, -0.05) is 25.2 Å². The molecule has 20 heavy (non-hydrogen) atoms. The molecular formula is C16H22O4. The highest BCUT2D eigenvalue weighted by atomic mass is 16.5. The van der Waals surface area contributed by atoms with Gasteiger partial charge in [0.2, 0.25) is 5.78 Å². The minimum atomic E-state index is -0.955. The summed E-state index contributed by atoms with van der Waals surface area (Å²) in [4.78, 5) is 22.8. The van der Waals surface area contributed by atoms with Gasteiger partial charge in [0, 0.05) is 19.4 Å². The van der Waals surface area contributed by atoms with E-state index < -0.39 is 5.60 Å². The Morgan fingerprint density at radius 3 is 2.80 bits per heavy atom. The van der Waals surface area contributed by atoms with E-state index in [-0.39, 0.29) is 17.9 Å². The van der Waals surface area contributed by atoms with E-state index in [9.17, 15) is 9.59 Å². The molecule has 1 rings (SSSR count). The van der Waals surface area contributed by atoms with Crippen LogP contribution in [0.3, 0.4) is 0 Å². The molecule has 4 nitrogen and oxygen atoms in total. The van der Waals surface area contributed by atoms with Crippen LogP contribution in [-0.4, -0.2) is 23.5 Å². The molecule has 110 valence electrons. The second-order valence-corrected chi connectivity index (χ2v) is 5.00. The highest BCUT2D eigenvalue weighted by molar-refractivity contribution is 6.00. The molecule has 0 aromatic carbocycles. The molecule has 1 aliphatic heterocycles. The van der Waals surface area contributed by atoms with Crippen molar-refractivity contribution in [3.8, 4) is 0 Å². The fraction of sp³-hybridized carbons (Fsp3) is 0.500. The summed E-state index contributed by atoms with van der Waals surface area (Å²) in [5.74, 6) is 0.119. The average Bonchev–Trinajstić information content (AvgIpc) is 2.59. The second-order valence-electron chi connectivity index (χ2n) is 5.00. The number of hydrogen-bond donors (Lipinski definition) is 0. The topological polar surface area (TPSA) is 52.6 Å². The van der Waals surface area contributed by atoms with Crippen LogP contribution in [-0.2, 0) is 19.1 Å².